The van der Waals surface area contributed by atoms with Gasteiger partial charge in [0.2, 0.25) is 5.91 Å². The number of rotatable bonds is 3. The first kappa shape index (κ1) is 16.3. The van der Waals surface area contributed by atoms with Gasteiger partial charge in [-0.05, 0) is 37.3 Å². The second kappa shape index (κ2) is 7.17. The van der Waals surface area contributed by atoms with Gasteiger partial charge in [0.05, 0.1) is 5.54 Å². The zero-order chi connectivity index (χ0) is 13.0. The van der Waals surface area contributed by atoms with Crippen molar-refractivity contribution in [3.8, 4) is 0 Å². The summed E-state index contributed by atoms with van der Waals surface area (Å²) < 4.78 is 0. The van der Waals surface area contributed by atoms with Crippen molar-refractivity contribution in [2.45, 2.75) is 42.5 Å². The van der Waals surface area contributed by atoms with Crippen LogP contribution in [-0.4, -0.2) is 17.7 Å². The van der Waals surface area contributed by atoms with Crippen LogP contribution in [0.25, 0.3) is 0 Å². The Morgan fingerprint density at radius 1 is 1.32 bits per heavy atom. The summed E-state index contributed by atoms with van der Waals surface area (Å²) in [5.41, 5.74) is 6.37. The van der Waals surface area contributed by atoms with Crippen molar-refractivity contribution in [3.63, 3.8) is 0 Å². The largest absolute Gasteiger partial charge is 0.324 e. The Labute approximate surface area is 125 Å². The number of carbonyl (C=O) groups is 1. The Hall–Kier alpha value is -0.710. The van der Waals surface area contributed by atoms with E-state index in [1.54, 1.807) is 11.8 Å². The van der Waals surface area contributed by atoms with E-state index in [0.717, 1.165) is 36.3 Å². The number of halogens is 1. The molecule has 0 unspecified atom stereocenters. The Morgan fingerprint density at radius 3 is 2.63 bits per heavy atom. The summed E-state index contributed by atoms with van der Waals surface area (Å²) in [6, 6.07) is 7.86. The molecule has 0 heterocycles. The lowest BCUT2D eigenvalue weighted by Crippen LogP contribution is -2.52. The van der Waals surface area contributed by atoms with Crippen molar-refractivity contribution in [2.75, 3.05) is 11.6 Å². The predicted octanol–water partition coefficient (Wildman–Crippen LogP) is 3.43. The molecule has 1 saturated carbocycles. The number of hydrogen-bond donors (Lipinski definition) is 2. The number of benzene rings is 1. The van der Waals surface area contributed by atoms with Gasteiger partial charge < -0.3 is 11.1 Å². The van der Waals surface area contributed by atoms with Crippen LogP contribution in [0.4, 0.5) is 5.69 Å². The SMILES string of the molecule is CSc1cccc(NC(=O)C2(N)CCCCC2)c1.Cl. The highest BCUT2D eigenvalue weighted by Crippen LogP contribution is 2.27. The van der Waals surface area contributed by atoms with Crippen LogP contribution in [-0.2, 0) is 4.79 Å². The molecular weight excluding hydrogens is 280 g/mol. The Kier molecular flexibility index (Phi) is 6.17. The van der Waals surface area contributed by atoms with Crippen molar-refractivity contribution in [1.29, 1.82) is 0 Å². The second-order valence-electron chi connectivity index (χ2n) is 4.90. The zero-order valence-electron chi connectivity index (χ0n) is 11.1. The molecule has 0 bridgehead atoms. The number of hydrogen-bond acceptors (Lipinski definition) is 3. The molecule has 0 aromatic heterocycles. The van der Waals surface area contributed by atoms with Gasteiger partial charge in [-0.2, -0.15) is 0 Å². The maximum absolute atomic E-state index is 12.2. The molecule has 0 radical (unpaired) electrons. The van der Waals surface area contributed by atoms with E-state index in [0.29, 0.717) is 0 Å². The fourth-order valence-electron chi connectivity index (χ4n) is 2.37. The third-order valence-electron chi connectivity index (χ3n) is 3.53. The van der Waals surface area contributed by atoms with Crippen LogP contribution in [0.5, 0.6) is 0 Å². The van der Waals surface area contributed by atoms with Crippen molar-refractivity contribution >= 4 is 35.8 Å². The van der Waals surface area contributed by atoms with Crippen molar-refractivity contribution in [3.05, 3.63) is 24.3 Å². The van der Waals surface area contributed by atoms with Crippen LogP contribution < -0.4 is 11.1 Å². The topological polar surface area (TPSA) is 55.1 Å². The summed E-state index contributed by atoms with van der Waals surface area (Å²) in [7, 11) is 0. The van der Waals surface area contributed by atoms with E-state index in [1.807, 2.05) is 30.5 Å². The lowest BCUT2D eigenvalue weighted by atomic mass is 9.82. The molecular formula is C14H21ClN2OS. The van der Waals surface area contributed by atoms with Crippen molar-refractivity contribution in [2.24, 2.45) is 5.73 Å². The minimum absolute atomic E-state index is 0. The number of thioether (sulfide) groups is 1. The molecule has 106 valence electrons. The molecule has 1 aliphatic rings. The Balaban J connectivity index is 0.00000180. The second-order valence-corrected chi connectivity index (χ2v) is 5.78. The number of nitrogens with two attached hydrogens (primary N) is 1. The van der Waals surface area contributed by atoms with E-state index >= 15 is 0 Å². The molecule has 1 aromatic carbocycles. The first-order valence-electron chi connectivity index (χ1n) is 6.38. The molecule has 3 N–H and O–H groups in total. The molecule has 1 aromatic rings. The Morgan fingerprint density at radius 2 is 2.00 bits per heavy atom. The number of nitrogens with one attached hydrogen (secondary N) is 1. The zero-order valence-corrected chi connectivity index (χ0v) is 12.8. The van der Waals surface area contributed by atoms with Gasteiger partial charge in [0.15, 0.2) is 0 Å². The normalized spacial score (nSPS) is 17.4. The minimum Gasteiger partial charge on any atom is -0.324 e. The minimum atomic E-state index is -0.673. The van der Waals surface area contributed by atoms with Crippen LogP contribution in [0.3, 0.4) is 0 Å². The summed E-state index contributed by atoms with van der Waals surface area (Å²) in [4.78, 5) is 13.4. The van der Waals surface area contributed by atoms with Crippen molar-refractivity contribution in [1.82, 2.24) is 0 Å². The fraction of sp³-hybridized carbons (Fsp3) is 0.500. The molecule has 0 spiro atoms. The molecule has 0 aliphatic heterocycles. The molecule has 3 nitrogen and oxygen atoms in total. The standard InChI is InChI=1S/C14H20N2OS.ClH/c1-18-12-7-5-6-11(10-12)16-13(17)14(15)8-3-2-4-9-14;/h5-7,10H,2-4,8-9,15H2,1H3,(H,16,17);1H. The van der Waals surface area contributed by atoms with E-state index in [9.17, 15) is 4.79 Å². The summed E-state index contributed by atoms with van der Waals surface area (Å²) in [6.45, 7) is 0. The average Bonchev–Trinajstić information content (AvgIpc) is 2.40. The first-order chi connectivity index (χ1) is 8.64. The van der Waals surface area contributed by atoms with Crippen LogP contribution in [0.2, 0.25) is 0 Å². The van der Waals surface area contributed by atoms with Gasteiger partial charge in [0.25, 0.3) is 0 Å². The highest BCUT2D eigenvalue weighted by atomic mass is 35.5. The van der Waals surface area contributed by atoms with Gasteiger partial charge in [0.1, 0.15) is 0 Å². The highest BCUT2D eigenvalue weighted by Gasteiger charge is 2.35. The molecule has 0 saturated heterocycles. The van der Waals surface area contributed by atoms with E-state index in [2.05, 4.69) is 5.32 Å². The van der Waals surface area contributed by atoms with Gasteiger partial charge in [0, 0.05) is 10.6 Å². The smallest absolute Gasteiger partial charge is 0.244 e. The number of amides is 1. The monoisotopic (exact) mass is 300 g/mol. The molecule has 19 heavy (non-hydrogen) atoms. The maximum atomic E-state index is 12.2. The third kappa shape index (κ3) is 4.13. The number of anilines is 1. The third-order valence-corrected chi connectivity index (χ3v) is 4.25. The van der Waals surface area contributed by atoms with Gasteiger partial charge in [-0.3, -0.25) is 4.79 Å². The van der Waals surface area contributed by atoms with E-state index in [1.165, 1.54) is 6.42 Å². The van der Waals surface area contributed by atoms with Crippen LogP contribution in [0.1, 0.15) is 32.1 Å². The van der Waals surface area contributed by atoms with Gasteiger partial charge in [-0.25, -0.2) is 0 Å². The average molecular weight is 301 g/mol. The quantitative estimate of drug-likeness (QED) is 0.841. The van der Waals surface area contributed by atoms with E-state index in [-0.39, 0.29) is 18.3 Å². The molecule has 1 amide bonds. The number of carbonyl (C=O) groups excluding carboxylic acids is 1. The summed E-state index contributed by atoms with van der Waals surface area (Å²) in [5, 5.41) is 2.95. The molecule has 0 atom stereocenters. The highest BCUT2D eigenvalue weighted by molar-refractivity contribution is 7.98. The van der Waals surface area contributed by atoms with Crippen LogP contribution in [0.15, 0.2) is 29.2 Å². The maximum Gasteiger partial charge on any atom is 0.244 e. The summed E-state index contributed by atoms with van der Waals surface area (Å²) in [6.07, 6.45) is 6.90. The molecule has 1 fully saturated rings. The lowest BCUT2D eigenvalue weighted by Gasteiger charge is -2.31. The first-order valence-corrected chi connectivity index (χ1v) is 7.61. The molecule has 5 heteroatoms. The van der Waals surface area contributed by atoms with E-state index in [4.69, 9.17) is 5.73 Å². The molecule has 2 rings (SSSR count). The van der Waals surface area contributed by atoms with Gasteiger partial charge in [-0.1, -0.05) is 25.3 Å². The fourth-order valence-corrected chi connectivity index (χ4v) is 2.83. The van der Waals surface area contributed by atoms with Crippen molar-refractivity contribution < 1.29 is 4.79 Å². The van der Waals surface area contributed by atoms with E-state index < -0.39 is 5.54 Å². The Bertz CT molecular complexity index is 433. The summed E-state index contributed by atoms with van der Waals surface area (Å²) in [5.74, 6) is -0.0412. The summed E-state index contributed by atoms with van der Waals surface area (Å²) >= 11 is 1.66. The lowest BCUT2D eigenvalue weighted by molar-refractivity contribution is -0.122. The molecule has 1 aliphatic carbocycles. The van der Waals surface area contributed by atoms with Gasteiger partial charge in [-0.15, -0.1) is 24.2 Å². The predicted molar refractivity (Wildman–Crippen MR) is 84.1 cm³/mol. The van der Waals surface area contributed by atoms with Gasteiger partial charge >= 0.3 is 0 Å². The van der Waals surface area contributed by atoms with Crippen LogP contribution >= 0.6 is 24.2 Å². The van der Waals surface area contributed by atoms with Crippen LogP contribution in [0, 0.1) is 0 Å².